The van der Waals surface area contributed by atoms with Crippen molar-refractivity contribution < 1.29 is 17.9 Å². The maximum atomic E-state index is 12.9. The Morgan fingerprint density at radius 2 is 2.05 bits per heavy atom. The minimum absolute atomic E-state index is 0.0512. The Kier molecular flexibility index (Phi) is 4.03. The van der Waals surface area contributed by atoms with Crippen LogP contribution < -0.4 is 9.80 Å². The van der Waals surface area contributed by atoms with Crippen molar-refractivity contribution in [1.29, 1.82) is 0 Å². The third-order valence-electron chi connectivity index (χ3n) is 2.97. The molecule has 1 saturated heterocycles. The highest BCUT2D eigenvalue weighted by Crippen LogP contribution is 2.31. The third kappa shape index (κ3) is 3.30. The highest BCUT2D eigenvalue weighted by molar-refractivity contribution is 5.45. The summed E-state index contributed by atoms with van der Waals surface area (Å²) in [7, 11) is 3.29. The summed E-state index contributed by atoms with van der Waals surface area (Å²) in [5.74, 6) is 0.333. The number of rotatable bonds is 2. The van der Waals surface area contributed by atoms with Crippen LogP contribution in [0.4, 0.5) is 24.9 Å². The number of aromatic nitrogens is 2. The topological polar surface area (TPSA) is 41.5 Å². The van der Waals surface area contributed by atoms with E-state index in [-0.39, 0.29) is 17.9 Å². The van der Waals surface area contributed by atoms with Crippen LogP contribution in [0, 0.1) is 0 Å². The predicted octanol–water partition coefficient (Wildman–Crippen LogP) is 1.79. The molecule has 1 aliphatic heterocycles. The van der Waals surface area contributed by atoms with E-state index in [1.54, 1.807) is 19.0 Å². The van der Waals surface area contributed by atoms with Gasteiger partial charge in [0.15, 0.2) is 5.69 Å². The van der Waals surface area contributed by atoms with E-state index in [9.17, 15) is 13.2 Å². The molecule has 5 nitrogen and oxygen atoms in total. The first-order valence-corrected chi connectivity index (χ1v) is 6.27. The van der Waals surface area contributed by atoms with Crippen molar-refractivity contribution in [3.8, 4) is 0 Å². The Morgan fingerprint density at radius 3 is 2.60 bits per heavy atom. The van der Waals surface area contributed by atoms with Crippen molar-refractivity contribution in [2.24, 2.45) is 0 Å². The summed E-state index contributed by atoms with van der Waals surface area (Å²) >= 11 is 0. The average Bonchev–Trinajstić information content (AvgIpc) is 2.37. The summed E-state index contributed by atoms with van der Waals surface area (Å²) in [6, 6.07) is 0.952. The van der Waals surface area contributed by atoms with Gasteiger partial charge in [-0.2, -0.15) is 18.2 Å². The smallest absolute Gasteiger partial charge is 0.375 e. The minimum atomic E-state index is -4.49. The largest absolute Gasteiger partial charge is 0.433 e. The van der Waals surface area contributed by atoms with E-state index in [2.05, 4.69) is 9.97 Å². The van der Waals surface area contributed by atoms with Crippen molar-refractivity contribution in [2.75, 3.05) is 43.6 Å². The van der Waals surface area contributed by atoms with Crippen LogP contribution in [0.3, 0.4) is 0 Å². The molecule has 0 radical (unpaired) electrons. The van der Waals surface area contributed by atoms with E-state index in [1.165, 1.54) is 4.90 Å². The van der Waals surface area contributed by atoms with Gasteiger partial charge in [0.2, 0.25) is 5.95 Å². The second-order valence-corrected chi connectivity index (χ2v) is 4.93. The monoisotopic (exact) mass is 290 g/mol. The van der Waals surface area contributed by atoms with E-state index >= 15 is 0 Å². The lowest BCUT2D eigenvalue weighted by molar-refractivity contribution is -0.141. The van der Waals surface area contributed by atoms with Gasteiger partial charge in [-0.25, -0.2) is 4.98 Å². The zero-order valence-electron chi connectivity index (χ0n) is 11.6. The Hall–Kier alpha value is -1.57. The van der Waals surface area contributed by atoms with E-state index in [4.69, 9.17) is 4.74 Å². The van der Waals surface area contributed by atoms with Crippen molar-refractivity contribution in [2.45, 2.75) is 19.2 Å². The number of hydrogen-bond donors (Lipinski definition) is 0. The Morgan fingerprint density at radius 1 is 1.35 bits per heavy atom. The quantitative estimate of drug-likeness (QED) is 0.830. The Balaban J connectivity index is 2.38. The van der Waals surface area contributed by atoms with Gasteiger partial charge in [0.1, 0.15) is 5.82 Å². The maximum Gasteiger partial charge on any atom is 0.433 e. The second kappa shape index (κ2) is 5.43. The molecule has 1 unspecified atom stereocenters. The minimum Gasteiger partial charge on any atom is -0.375 e. The zero-order valence-corrected chi connectivity index (χ0v) is 11.6. The first-order chi connectivity index (χ1) is 9.27. The highest BCUT2D eigenvalue weighted by Gasteiger charge is 2.34. The molecule has 0 aromatic carbocycles. The van der Waals surface area contributed by atoms with Gasteiger partial charge in [-0.3, -0.25) is 0 Å². The van der Waals surface area contributed by atoms with Crippen LogP contribution in [-0.4, -0.2) is 49.9 Å². The molecule has 0 aliphatic carbocycles. The number of hydrogen-bond acceptors (Lipinski definition) is 5. The van der Waals surface area contributed by atoms with Crippen LogP contribution in [0.15, 0.2) is 6.07 Å². The lowest BCUT2D eigenvalue weighted by Gasteiger charge is -2.31. The SMILES string of the molecule is CC1CN(c2nc(N(C)C)cc(C(F)(F)F)n2)CCO1. The molecule has 0 spiro atoms. The molecule has 1 atom stereocenters. The molecule has 0 saturated carbocycles. The number of halogens is 3. The van der Waals surface area contributed by atoms with Crippen molar-refractivity contribution in [3.63, 3.8) is 0 Å². The van der Waals surface area contributed by atoms with E-state index < -0.39 is 11.9 Å². The molecule has 2 heterocycles. The molecular formula is C12H17F3N4O. The van der Waals surface area contributed by atoms with E-state index in [0.717, 1.165) is 6.07 Å². The van der Waals surface area contributed by atoms with Gasteiger partial charge in [0.25, 0.3) is 0 Å². The molecule has 1 aromatic rings. The van der Waals surface area contributed by atoms with Crippen LogP contribution in [0.1, 0.15) is 12.6 Å². The molecular weight excluding hydrogens is 273 g/mol. The summed E-state index contributed by atoms with van der Waals surface area (Å²) in [4.78, 5) is 11.1. The number of ether oxygens (including phenoxy) is 1. The first kappa shape index (κ1) is 14.8. The molecule has 1 aliphatic rings. The van der Waals surface area contributed by atoms with Gasteiger partial charge in [0.05, 0.1) is 12.7 Å². The number of morpholine rings is 1. The average molecular weight is 290 g/mol. The fourth-order valence-corrected chi connectivity index (χ4v) is 1.94. The summed E-state index contributed by atoms with van der Waals surface area (Å²) in [6.07, 6.45) is -4.54. The van der Waals surface area contributed by atoms with Crippen molar-refractivity contribution >= 4 is 11.8 Å². The fraction of sp³-hybridized carbons (Fsp3) is 0.667. The normalized spacial score (nSPS) is 20.1. The fourth-order valence-electron chi connectivity index (χ4n) is 1.94. The standard InChI is InChI=1S/C12H17F3N4O/c1-8-7-19(4-5-20-8)11-16-9(12(13,14)15)6-10(17-11)18(2)3/h6,8H,4-5,7H2,1-3H3. The third-order valence-corrected chi connectivity index (χ3v) is 2.97. The van der Waals surface area contributed by atoms with Gasteiger partial charge in [-0.15, -0.1) is 0 Å². The van der Waals surface area contributed by atoms with E-state index in [0.29, 0.717) is 19.7 Å². The van der Waals surface area contributed by atoms with Gasteiger partial charge in [-0.05, 0) is 6.92 Å². The Labute approximate surface area is 115 Å². The van der Waals surface area contributed by atoms with Crippen LogP contribution >= 0.6 is 0 Å². The molecule has 1 aromatic heterocycles. The van der Waals surface area contributed by atoms with Crippen LogP contribution in [0.25, 0.3) is 0 Å². The number of nitrogens with zero attached hydrogens (tertiary/aromatic N) is 4. The van der Waals surface area contributed by atoms with Crippen LogP contribution in [-0.2, 0) is 10.9 Å². The summed E-state index contributed by atoms with van der Waals surface area (Å²) in [5, 5.41) is 0. The second-order valence-electron chi connectivity index (χ2n) is 4.93. The molecule has 0 bridgehead atoms. The summed E-state index contributed by atoms with van der Waals surface area (Å²) < 4.78 is 44.1. The molecule has 2 rings (SSSR count). The molecule has 1 fully saturated rings. The highest BCUT2D eigenvalue weighted by atomic mass is 19.4. The number of alkyl halides is 3. The molecule has 0 amide bonds. The maximum absolute atomic E-state index is 12.9. The molecule has 20 heavy (non-hydrogen) atoms. The van der Waals surface area contributed by atoms with Crippen molar-refractivity contribution in [3.05, 3.63) is 11.8 Å². The molecule has 112 valence electrons. The molecule has 8 heteroatoms. The molecule has 0 N–H and O–H groups in total. The Bertz CT molecular complexity index is 478. The van der Waals surface area contributed by atoms with Gasteiger partial charge < -0.3 is 14.5 Å². The summed E-state index contributed by atoms with van der Waals surface area (Å²) in [5.41, 5.74) is -0.926. The van der Waals surface area contributed by atoms with Gasteiger partial charge in [-0.1, -0.05) is 0 Å². The van der Waals surface area contributed by atoms with Crippen LogP contribution in [0.2, 0.25) is 0 Å². The van der Waals surface area contributed by atoms with Crippen LogP contribution in [0.5, 0.6) is 0 Å². The zero-order chi connectivity index (χ0) is 14.9. The predicted molar refractivity (Wildman–Crippen MR) is 69.0 cm³/mol. The lowest BCUT2D eigenvalue weighted by Crippen LogP contribution is -2.42. The lowest BCUT2D eigenvalue weighted by atomic mass is 10.3. The van der Waals surface area contributed by atoms with E-state index in [1.807, 2.05) is 6.92 Å². The number of anilines is 2. The van der Waals surface area contributed by atoms with Gasteiger partial charge >= 0.3 is 6.18 Å². The van der Waals surface area contributed by atoms with Crippen molar-refractivity contribution in [1.82, 2.24) is 9.97 Å². The summed E-state index contributed by atoms with van der Waals surface area (Å²) in [6.45, 7) is 3.29. The van der Waals surface area contributed by atoms with Gasteiger partial charge in [0, 0.05) is 33.3 Å². The first-order valence-electron chi connectivity index (χ1n) is 6.27.